The molecule has 0 heterocycles. The lowest BCUT2D eigenvalue weighted by Crippen LogP contribution is -2.19. The first-order chi connectivity index (χ1) is 9.88. The van der Waals surface area contributed by atoms with Gasteiger partial charge in [-0.25, -0.2) is 0 Å². The van der Waals surface area contributed by atoms with Crippen LogP contribution in [0, 0.1) is 17.8 Å². The second-order valence-corrected chi connectivity index (χ2v) is 5.47. The standard InChI is InChI=1S/C18H17ClO/c19-12-4-9-17-16-8-2-1-7-15(16)10-11-18(17)20-13-14-5-3-6-14/h1-2,7-8,10-11,14H,3,5-6,12-13H2. The Labute approximate surface area is 124 Å². The minimum atomic E-state index is 0.339. The quantitative estimate of drug-likeness (QED) is 0.591. The van der Waals surface area contributed by atoms with E-state index in [1.165, 1.54) is 24.6 Å². The fourth-order valence-corrected chi connectivity index (χ4v) is 2.56. The smallest absolute Gasteiger partial charge is 0.135 e. The fraction of sp³-hybridized carbons (Fsp3) is 0.333. The second kappa shape index (κ2) is 6.20. The van der Waals surface area contributed by atoms with Crippen molar-refractivity contribution in [3.63, 3.8) is 0 Å². The molecule has 1 aliphatic carbocycles. The summed E-state index contributed by atoms with van der Waals surface area (Å²) in [7, 11) is 0. The molecule has 0 amide bonds. The van der Waals surface area contributed by atoms with Crippen molar-refractivity contribution < 1.29 is 4.74 Å². The van der Waals surface area contributed by atoms with Gasteiger partial charge in [-0.15, -0.1) is 11.6 Å². The molecule has 0 aromatic heterocycles. The van der Waals surface area contributed by atoms with Crippen LogP contribution in [-0.2, 0) is 0 Å². The molecule has 102 valence electrons. The molecule has 1 fully saturated rings. The SMILES string of the molecule is ClCC#Cc1c(OCC2CCC2)ccc2ccccc12. The third-order valence-electron chi connectivity index (χ3n) is 3.87. The normalized spacial score (nSPS) is 14.4. The van der Waals surface area contributed by atoms with Crippen LogP contribution >= 0.6 is 11.6 Å². The highest BCUT2D eigenvalue weighted by Crippen LogP contribution is 2.30. The van der Waals surface area contributed by atoms with E-state index < -0.39 is 0 Å². The van der Waals surface area contributed by atoms with Crippen molar-refractivity contribution in [1.29, 1.82) is 0 Å². The molecule has 1 nitrogen and oxygen atoms in total. The first kappa shape index (κ1) is 13.3. The Kier molecular flexibility index (Phi) is 4.14. The zero-order valence-electron chi connectivity index (χ0n) is 11.4. The lowest BCUT2D eigenvalue weighted by Gasteiger charge is -2.25. The zero-order valence-corrected chi connectivity index (χ0v) is 12.1. The summed E-state index contributed by atoms with van der Waals surface area (Å²) in [5.74, 6) is 8.05. The van der Waals surface area contributed by atoms with Gasteiger partial charge in [0.05, 0.1) is 18.1 Å². The minimum Gasteiger partial charge on any atom is -0.492 e. The van der Waals surface area contributed by atoms with Crippen LogP contribution in [0.15, 0.2) is 36.4 Å². The lowest BCUT2D eigenvalue weighted by atomic mass is 9.86. The van der Waals surface area contributed by atoms with Crippen LogP contribution in [0.2, 0.25) is 0 Å². The Hall–Kier alpha value is -1.65. The fourth-order valence-electron chi connectivity index (χ4n) is 2.49. The van der Waals surface area contributed by atoms with Crippen LogP contribution in [-0.4, -0.2) is 12.5 Å². The van der Waals surface area contributed by atoms with E-state index in [2.05, 4.69) is 30.0 Å². The molecule has 3 rings (SSSR count). The molecule has 1 saturated carbocycles. The van der Waals surface area contributed by atoms with E-state index in [4.69, 9.17) is 16.3 Å². The lowest BCUT2D eigenvalue weighted by molar-refractivity contribution is 0.180. The highest BCUT2D eigenvalue weighted by atomic mass is 35.5. The van der Waals surface area contributed by atoms with Gasteiger partial charge >= 0.3 is 0 Å². The van der Waals surface area contributed by atoms with E-state index in [0.29, 0.717) is 5.88 Å². The van der Waals surface area contributed by atoms with Gasteiger partial charge in [-0.05, 0) is 30.2 Å². The Morgan fingerprint density at radius 1 is 1.15 bits per heavy atom. The summed E-state index contributed by atoms with van der Waals surface area (Å²) in [6.45, 7) is 0.799. The van der Waals surface area contributed by atoms with E-state index in [9.17, 15) is 0 Å². The molecular weight excluding hydrogens is 268 g/mol. The van der Waals surface area contributed by atoms with E-state index in [-0.39, 0.29) is 0 Å². The summed E-state index contributed by atoms with van der Waals surface area (Å²) >= 11 is 5.70. The first-order valence-electron chi connectivity index (χ1n) is 7.08. The Balaban J connectivity index is 1.96. The minimum absolute atomic E-state index is 0.339. The summed E-state index contributed by atoms with van der Waals surface area (Å²) in [6.07, 6.45) is 3.91. The predicted molar refractivity (Wildman–Crippen MR) is 84.4 cm³/mol. The van der Waals surface area contributed by atoms with Crippen molar-refractivity contribution in [2.45, 2.75) is 19.3 Å². The van der Waals surface area contributed by atoms with Gasteiger partial charge in [-0.3, -0.25) is 0 Å². The molecule has 0 bridgehead atoms. The molecule has 1 aliphatic rings. The van der Waals surface area contributed by atoms with E-state index in [0.717, 1.165) is 29.2 Å². The van der Waals surface area contributed by atoms with Crippen molar-refractivity contribution in [2.24, 2.45) is 5.92 Å². The van der Waals surface area contributed by atoms with E-state index in [1.807, 2.05) is 18.2 Å². The highest BCUT2D eigenvalue weighted by molar-refractivity contribution is 6.19. The highest BCUT2D eigenvalue weighted by Gasteiger charge is 2.18. The van der Waals surface area contributed by atoms with Crippen LogP contribution in [0.1, 0.15) is 24.8 Å². The van der Waals surface area contributed by atoms with Gasteiger partial charge in [0.15, 0.2) is 0 Å². The van der Waals surface area contributed by atoms with Crippen molar-refractivity contribution in [2.75, 3.05) is 12.5 Å². The Bertz CT molecular complexity index is 662. The van der Waals surface area contributed by atoms with Gasteiger partial charge in [0.1, 0.15) is 5.75 Å². The van der Waals surface area contributed by atoms with Gasteiger partial charge in [0.2, 0.25) is 0 Å². The maximum absolute atomic E-state index is 6.00. The number of hydrogen-bond acceptors (Lipinski definition) is 1. The third kappa shape index (κ3) is 2.76. The number of hydrogen-bond donors (Lipinski definition) is 0. The second-order valence-electron chi connectivity index (χ2n) is 5.20. The molecule has 0 atom stereocenters. The summed E-state index contributed by atoms with van der Waals surface area (Å²) in [4.78, 5) is 0. The molecule has 2 aromatic carbocycles. The van der Waals surface area contributed by atoms with Crippen molar-refractivity contribution in [3.8, 4) is 17.6 Å². The van der Waals surface area contributed by atoms with Crippen LogP contribution in [0.5, 0.6) is 5.75 Å². The number of alkyl halides is 1. The summed E-state index contributed by atoms with van der Waals surface area (Å²) in [5, 5.41) is 2.32. The average molecular weight is 285 g/mol. The third-order valence-corrected chi connectivity index (χ3v) is 4.00. The van der Waals surface area contributed by atoms with Crippen LogP contribution < -0.4 is 4.74 Å². The summed E-state index contributed by atoms with van der Waals surface area (Å²) < 4.78 is 6.00. The number of ether oxygens (including phenoxy) is 1. The predicted octanol–water partition coefficient (Wildman–Crippen LogP) is 4.61. The molecule has 20 heavy (non-hydrogen) atoms. The molecule has 0 N–H and O–H groups in total. The molecular formula is C18H17ClO. The van der Waals surface area contributed by atoms with E-state index in [1.54, 1.807) is 0 Å². The topological polar surface area (TPSA) is 9.23 Å². The first-order valence-corrected chi connectivity index (χ1v) is 7.61. The number of halogens is 1. The van der Waals surface area contributed by atoms with Crippen molar-refractivity contribution in [3.05, 3.63) is 42.0 Å². The molecule has 2 aromatic rings. The van der Waals surface area contributed by atoms with Crippen molar-refractivity contribution >= 4 is 22.4 Å². The molecule has 2 heteroatoms. The van der Waals surface area contributed by atoms with Gasteiger partial charge in [-0.1, -0.05) is 48.6 Å². The van der Waals surface area contributed by atoms with Crippen LogP contribution in [0.4, 0.5) is 0 Å². The maximum Gasteiger partial charge on any atom is 0.135 e. The monoisotopic (exact) mass is 284 g/mol. The van der Waals surface area contributed by atoms with Gasteiger partial charge < -0.3 is 4.74 Å². The van der Waals surface area contributed by atoms with Gasteiger partial charge in [-0.2, -0.15) is 0 Å². The molecule has 0 saturated heterocycles. The van der Waals surface area contributed by atoms with Gasteiger partial charge in [0, 0.05) is 5.39 Å². The van der Waals surface area contributed by atoms with Crippen molar-refractivity contribution in [1.82, 2.24) is 0 Å². The molecule has 0 aliphatic heterocycles. The largest absolute Gasteiger partial charge is 0.492 e. The number of benzene rings is 2. The number of rotatable bonds is 3. The maximum atomic E-state index is 6.00. The molecule has 0 spiro atoms. The number of fused-ring (bicyclic) bond motifs is 1. The zero-order chi connectivity index (χ0) is 13.8. The Morgan fingerprint density at radius 2 is 2.00 bits per heavy atom. The Morgan fingerprint density at radius 3 is 2.75 bits per heavy atom. The summed E-state index contributed by atoms with van der Waals surface area (Å²) in [5.41, 5.74) is 0.961. The average Bonchev–Trinajstić information content (AvgIpc) is 2.44. The molecule has 0 radical (unpaired) electrons. The molecule has 0 unspecified atom stereocenters. The summed E-state index contributed by atoms with van der Waals surface area (Å²) in [6, 6.07) is 12.4. The van der Waals surface area contributed by atoms with Crippen LogP contribution in [0.25, 0.3) is 10.8 Å². The van der Waals surface area contributed by atoms with Crippen LogP contribution in [0.3, 0.4) is 0 Å². The van der Waals surface area contributed by atoms with E-state index >= 15 is 0 Å². The van der Waals surface area contributed by atoms with Gasteiger partial charge in [0.25, 0.3) is 0 Å².